The number of aromatic nitrogens is 2. The molecule has 2 aliphatic rings. The van der Waals surface area contributed by atoms with Crippen molar-refractivity contribution in [2.45, 2.75) is 38.5 Å². The van der Waals surface area contributed by atoms with E-state index < -0.39 is 0 Å². The summed E-state index contributed by atoms with van der Waals surface area (Å²) < 4.78 is 5.77. The zero-order valence-electron chi connectivity index (χ0n) is 15.4. The molecule has 0 spiro atoms. The molecule has 0 N–H and O–H groups in total. The second kappa shape index (κ2) is 8.71. The first-order valence-electron chi connectivity index (χ1n) is 9.78. The van der Waals surface area contributed by atoms with Crippen molar-refractivity contribution in [3.63, 3.8) is 0 Å². The van der Waals surface area contributed by atoms with Gasteiger partial charge in [0.1, 0.15) is 6.10 Å². The van der Waals surface area contributed by atoms with E-state index >= 15 is 0 Å². The summed E-state index contributed by atoms with van der Waals surface area (Å²) in [6.45, 7) is 7.25. The summed E-state index contributed by atoms with van der Waals surface area (Å²) in [6.07, 6.45) is 7.48. The van der Waals surface area contributed by atoms with Crippen LogP contribution in [0, 0.1) is 0 Å². The Bertz CT molecular complexity index is 662. The molecule has 1 aromatic carbocycles. The standard InChI is InChI=1S/C21H28N4O/c1-2-6-18(7-3-1)16-24-9-11-25(12-10-24)17-19-14-22-21(23-15-19)20-8-4-5-13-26-20/h1-3,6-7,14-15,20H,4-5,8-13,16-17H2/t20-/m1/s1. The zero-order valence-corrected chi connectivity index (χ0v) is 15.4. The Labute approximate surface area is 156 Å². The van der Waals surface area contributed by atoms with Gasteiger partial charge in [0, 0.05) is 63.8 Å². The summed E-state index contributed by atoms with van der Waals surface area (Å²) in [4.78, 5) is 14.2. The van der Waals surface area contributed by atoms with Crippen LogP contribution in [0.3, 0.4) is 0 Å². The fraction of sp³-hybridized carbons (Fsp3) is 0.524. The van der Waals surface area contributed by atoms with Gasteiger partial charge in [-0.1, -0.05) is 30.3 Å². The molecule has 2 fully saturated rings. The zero-order chi connectivity index (χ0) is 17.6. The number of piperazine rings is 1. The van der Waals surface area contributed by atoms with Crippen LogP contribution in [-0.4, -0.2) is 52.6 Å². The molecule has 1 atom stereocenters. The van der Waals surface area contributed by atoms with Crippen LogP contribution < -0.4 is 0 Å². The lowest BCUT2D eigenvalue weighted by molar-refractivity contribution is 0.00937. The maximum Gasteiger partial charge on any atom is 0.157 e. The van der Waals surface area contributed by atoms with Crippen LogP contribution in [0.1, 0.15) is 42.3 Å². The number of nitrogens with zero attached hydrogens (tertiary/aromatic N) is 4. The topological polar surface area (TPSA) is 41.5 Å². The highest BCUT2D eigenvalue weighted by Crippen LogP contribution is 2.25. The molecule has 3 heterocycles. The smallest absolute Gasteiger partial charge is 0.157 e. The molecule has 2 saturated heterocycles. The molecule has 0 saturated carbocycles. The summed E-state index contributed by atoms with van der Waals surface area (Å²) in [6, 6.07) is 10.7. The van der Waals surface area contributed by atoms with Gasteiger partial charge in [0.2, 0.25) is 0 Å². The second-order valence-electron chi connectivity index (χ2n) is 7.34. The monoisotopic (exact) mass is 352 g/mol. The highest BCUT2D eigenvalue weighted by molar-refractivity contribution is 5.14. The van der Waals surface area contributed by atoms with Crippen LogP contribution in [0.2, 0.25) is 0 Å². The van der Waals surface area contributed by atoms with E-state index in [4.69, 9.17) is 4.74 Å². The molecule has 0 aliphatic carbocycles. The molecular formula is C21H28N4O. The predicted octanol–water partition coefficient (Wildman–Crippen LogP) is 3.04. The number of benzene rings is 1. The average molecular weight is 352 g/mol. The minimum Gasteiger partial charge on any atom is -0.370 e. The van der Waals surface area contributed by atoms with E-state index in [0.717, 1.165) is 64.5 Å². The van der Waals surface area contributed by atoms with Crippen molar-refractivity contribution in [2.24, 2.45) is 0 Å². The van der Waals surface area contributed by atoms with Gasteiger partial charge in [-0.25, -0.2) is 9.97 Å². The summed E-state index contributed by atoms with van der Waals surface area (Å²) >= 11 is 0. The lowest BCUT2D eigenvalue weighted by atomic mass is 10.1. The Hall–Kier alpha value is -1.82. The molecule has 5 nitrogen and oxygen atoms in total. The van der Waals surface area contributed by atoms with E-state index in [-0.39, 0.29) is 6.10 Å². The molecule has 0 radical (unpaired) electrons. The van der Waals surface area contributed by atoms with Gasteiger partial charge in [0.25, 0.3) is 0 Å². The largest absolute Gasteiger partial charge is 0.370 e. The minimum absolute atomic E-state index is 0.0966. The second-order valence-corrected chi connectivity index (χ2v) is 7.34. The molecule has 0 amide bonds. The van der Waals surface area contributed by atoms with Gasteiger partial charge in [-0.3, -0.25) is 9.80 Å². The molecular weight excluding hydrogens is 324 g/mol. The molecule has 138 valence electrons. The average Bonchev–Trinajstić information content (AvgIpc) is 2.72. The van der Waals surface area contributed by atoms with Crippen molar-refractivity contribution >= 4 is 0 Å². The van der Waals surface area contributed by atoms with Crippen LogP contribution in [0.4, 0.5) is 0 Å². The van der Waals surface area contributed by atoms with E-state index in [1.54, 1.807) is 0 Å². The van der Waals surface area contributed by atoms with Crippen molar-refractivity contribution < 1.29 is 4.74 Å². The molecule has 4 rings (SSSR count). The van der Waals surface area contributed by atoms with E-state index in [9.17, 15) is 0 Å². The number of hydrogen-bond donors (Lipinski definition) is 0. The van der Waals surface area contributed by atoms with Crippen LogP contribution in [0.15, 0.2) is 42.7 Å². The number of rotatable bonds is 5. The Morgan fingerprint density at radius 1 is 0.846 bits per heavy atom. The molecule has 2 aliphatic heterocycles. The summed E-state index contributed by atoms with van der Waals surface area (Å²) in [5.74, 6) is 0.848. The van der Waals surface area contributed by atoms with Crippen LogP contribution in [0.25, 0.3) is 0 Å². The van der Waals surface area contributed by atoms with E-state index in [2.05, 4.69) is 50.1 Å². The highest BCUT2D eigenvalue weighted by Gasteiger charge is 2.20. The van der Waals surface area contributed by atoms with Crippen LogP contribution in [-0.2, 0) is 17.8 Å². The van der Waals surface area contributed by atoms with Gasteiger partial charge in [-0.2, -0.15) is 0 Å². The van der Waals surface area contributed by atoms with Crippen molar-refractivity contribution in [1.29, 1.82) is 0 Å². The minimum atomic E-state index is 0.0966. The summed E-state index contributed by atoms with van der Waals surface area (Å²) in [7, 11) is 0. The van der Waals surface area contributed by atoms with Gasteiger partial charge in [-0.15, -0.1) is 0 Å². The molecule has 5 heteroatoms. The fourth-order valence-corrected chi connectivity index (χ4v) is 3.76. The van der Waals surface area contributed by atoms with E-state index in [1.165, 1.54) is 17.5 Å². The lowest BCUT2D eigenvalue weighted by Crippen LogP contribution is -2.45. The van der Waals surface area contributed by atoms with Crippen molar-refractivity contribution in [3.8, 4) is 0 Å². The highest BCUT2D eigenvalue weighted by atomic mass is 16.5. The first-order valence-corrected chi connectivity index (χ1v) is 9.78. The van der Waals surface area contributed by atoms with Gasteiger partial charge < -0.3 is 4.74 Å². The third-order valence-corrected chi connectivity index (χ3v) is 5.31. The van der Waals surface area contributed by atoms with Crippen molar-refractivity contribution in [3.05, 3.63) is 59.7 Å². The van der Waals surface area contributed by atoms with Gasteiger partial charge in [0.05, 0.1) is 0 Å². The van der Waals surface area contributed by atoms with Crippen LogP contribution >= 0.6 is 0 Å². The van der Waals surface area contributed by atoms with Crippen molar-refractivity contribution in [1.82, 2.24) is 19.8 Å². The van der Waals surface area contributed by atoms with Gasteiger partial charge in [0.15, 0.2) is 5.82 Å². The van der Waals surface area contributed by atoms with Crippen LogP contribution in [0.5, 0.6) is 0 Å². The maximum atomic E-state index is 5.77. The third kappa shape index (κ3) is 4.67. The van der Waals surface area contributed by atoms with Crippen molar-refractivity contribution in [2.75, 3.05) is 32.8 Å². The fourth-order valence-electron chi connectivity index (χ4n) is 3.76. The quantitative estimate of drug-likeness (QED) is 0.827. The molecule has 26 heavy (non-hydrogen) atoms. The van der Waals surface area contributed by atoms with Gasteiger partial charge in [-0.05, 0) is 24.8 Å². The lowest BCUT2D eigenvalue weighted by Gasteiger charge is -2.34. The normalized spacial score (nSPS) is 22.4. The Balaban J connectivity index is 1.25. The first kappa shape index (κ1) is 17.6. The SMILES string of the molecule is c1ccc(CN2CCN(Cc3cnc([C@H]4CCCCO4)nc3)CC2)cc1. The molecule has 0 unspecified atom stereocenters. The van der Waals surface area contributed by atoms with Gasteiger partial charge >= 0.3 is 0 Å². The molecule has 2 aromatic rings. The summed E-state index contributed by atoms with van der Waals surface area (Å²) in [5, 5.41) is 0. The summed E-state index contributed by atoms with van der Waals surface area (Å²) in [5.41, 5.74) is 2.59. The molecule has 1 aromatic heterocycles. The Morgan fingerprint density at radius 2 is 1.50 bits per heavy atom. The third-order valence-electron chi connectivity index (χ3n) is 5.31. The molecule has 0 bridgehead atoms. The Kier molecular flexibility index (Phi) is 5.89. The predicted molar refractivity (Wildman–Crippen MR) is 102 cm³/mol. The first-order chi connectivity index (χ1) is 12.9. The van der Waals surface area contributed by atoms with E-state index in [1.807, 2.05) is 12.4 Å². The number of hydrogen-bond acceptors (Lipinski definition) is 5. The van der Waals surface area contributed by atoms with E-state index in [0.29, 0.717) is 0 Å². The maximum absolute atomic E-state index is 5.77. The Morgan fingerprint density at radius 3 is 2.12 bits per heavy atom. The number of ether oxygens (including phenoxy) is 1.